The molecule has 3 heterocycles. The largest absolute Gasteiger partial charge is 0.465 e. The van der Waals surface area contributed by atoms with Crippen molar-refractivity contribution >= 4 is 57.4 Å². The summed E-state index contributed by atoms with van der Waals surface area (Å²) in [7, 11) is 0. The molecule has 4 rings (SSSR count). The molecule has 6 nitrogen and oxygen atoms in total. The lowest BCUT2D eigenvalue weighted by Gasteiger charge is -2.02. The lowest BCUT2D eigenvalue weighted by atomic mass is 10.2. The normalized spacial score (nSPS) is 11.5. The van der Waals surface area contributed by atoms with E-state index in [1.807, 2.05) is 11.4 Å². The average molecular weight is 405 g/mol. The van der Waals surface area contributed by atoms with Crippen molar-refractivity contribution in [1.82, 2.24) is 14.6 Å². The van der Waals surface area contributed by atoms with Crippen molar-refractivity contribution in [2.45, 2.75) is 0 Å². The van der Waals surface area contributed by atoms with Gasteiger partial charge in [0, 0.05) is 22.0 Å². The number of rotatable bonds is 4. The van der Waals surface area contributed by atoms with E-state index in [-0.39, 0.29) is 11.9 Å². The molecule has 1 N–H and O–H groups in total. The Morgan fingerprint density at radius 3 is 2.96 bits per heavy atom. The van der Waals surface area contributed by atoms with Gasteiger partial charge in [0.2, 0.25) is 4.96 Å². The molecule has 0 unspecified atom stereocenters. The number of nitrogens with zero attached hydrogens (tertiary/aromatic N) is 3. The van der Waals surface area contributed by atoms with Gasteiger partial charge < -0.3 is 4.42 Å². The molecule has 0 bridgehead atoms. The zero-order chi connectivity index (χ0) is 18.1. The van der Waals surface area contributed by atoms with Crippen LogP contribution in [0.25, 0.3) is 22.3 Å². The number of hydrogen-bond donors (Lipinski definition) is 1. The third-order valence-corrected chi connectivity index (χ3v) is 4.83. The molecular weight excluding hydrogens is 395 g/mol. The van der Waals surface area contributed by atoms with Gasteiger partial charge in [-0.15, -0.1) is 16.4 Å². The number of thiazole rings is 1. The summed E-state index contributed by atoms with van der Waals surface area (Å²) in [4.78, 5) is 16.9. The number of aromatic nitrogens is 3. The van der Waals surface area contributed by atoms with Crippen LogP contribution in [0.4, 0.5) is 5.95 Å². The van der Waals surface area contributed by atoms with Gasteiger partial charge in [-0.1, -0.05) is 23.2 Å². The molecule has 9 heteroatoms. The topological polar surface area (TPSA) is 72.4 Å². The Morgan fingerprint density at radius 1 is 1.31 bits per heavy atom. The number of benzene rings is 1. The molecule has 0 spiro atoms. The van der Waals surface area contributed by atoms with Gasteiger partial charge >= 0.3 is 0 Å². The van der Waals surface area contributed by atoms with E-state index in [0.717, 1.165) is 11.3 Å². The third kappa shape index (κ3) is 3.37. The highest BCUT2D eigenvalue weighted by Crippen LogP contribution is 2.33. The summed E-state index contributed by atoms with van der Waals surface area (Å²) in [5.41, 5.74) is 1.55. The summed E-state index contributed by atoms with van der Waals surface area (Å²) in [5.74, 6) is 0.432. The fourth-order valence-corrected chi connectivity index (χ4v) is 3.64. The van der Waals surface area contributed by atoms with Gasteiger partial charge in [0.25, 0.3) is 11.9 Å². The minimum Gasteiger partial charge on any atom is -0.465 e. The van der Waals surface area contributed by atoms with Crippen molar-refractivity contribution in [3.8, 4) is 11.3 Å². The van der Waals surface area contributed by atoms with E-state index in [9.17, 15) is 4.79 Å². The van der Waals surface area contributed by atoms with E-state index in [0.29, 0.717) is 20.8 Å². The van der Waals surface area contributed by atoms with Crippen molar-refractivity contribution in [3.05, 3.63) is 63.9 Å². The first-order valence-electron chi connectivity index (χ1n) is 7.42. The summed E-state index contributed by atoms with van der Waals surface area (Å²) in [5, 5.41) is 9.92. The minimum atomic E-state index is -0.356. The summed E-state index contributed by atoms with van der Waals surface area (Å²) >= 11 is 13.6. The van der Waals surface area contributed by atoms with Gasteiger partial charge in [0.05, 0.1) is 17.0 Å². The smallest absolute Gasteiger partial charge is 0.250 e. The predicted octanol–water partition coefficient (Wildman–Crippen LogP) is 5.01. The molecule has 0 fully saturated rings. The molecule has 3 aromatic heterocycles. The van der Waals surface area contributed by atoms with Gasteiger partial charge in [-0.2, -0.15) is 4.98 Å². The molecule has 4 aromatic rings. The Bertz CT molecular complexity index is 1120. The number of fused-ring (bicyclic) bond motifs is 1. The Kier molecular flexibility index (Phi) is 4.50. The van der Waals surface area contributed by atoms with Crippen LogP contribution in [0.2, 0.25) is 10.0 Å². The Morgan fingerprint density at radius 2 is 2.19 bits per heavy atom. The van der Waals surface area contributed by atoms with E-state index < -0.39 is 0 Å². The fourth-order valence-electron chi connectivity index (χ4n) is 2.31. The predicted molar refractivity (Wildman–Crippen MR) is 103 cm³/mol. The molecular formula is C17H10Cl2N4O2S. The molecule has 0 aliphatic heterocycles. The van der Waals surface area contributed by atoms with E-state index in [1.165, 1.54) is 23.7 Å². The fraction of sp³-hybridized carbons (Fsp3) is 0. The zero-order valence-corrected chi connectivity index (χ0v) is 15.3. The molecule has 0 saturated carbocycles. The number of furan rings is 1. The van der Waals surface area contributed by atoms with E-state index >= 15 is 0 Å². The molecule has 130 valence electrons. The first-order valence-corrected chi connectivity index (χ1v) is 9.06. The Hall–Kier alpha value is -2.61. The van der Waals surface area contributed by atoms with Gasteiger partial charge in [0.1, 0.15) is 5.76 Å². The van der Waals surface area contributed by atoms with Crippen molar-refractivity contribution in [2.24, 2.45) is 0 Å². The maximum absolute atomic E-state index is 12.0. The zero-order valence-electron chi connectivity index (χ0n) is 13.0. The Balaban J connectivity index is 1.59. The van der Waals surface area contributed by atoms with Crippen molar-refractivity contribution in [3.63, 3.8) is 0 Å². The molecule has 0 atom stereocenters. The molecule has 0 radical (unpaired) electrons. The molecule has 0 aliphatic carbocycles. The minimum absolute atomic E-state index is 0.206. The number of carbonyl (C=O) groups is 1. The van der Waals surface area contributed by atoms with Crippen molar-refractivity contribution < 1.29 is 9.21 Å². The van der Waals surface area contributed by atoms with Gasteiger partial charge in [-0.05, 0) is 36.4 Å². The van der Waals surface area contributed by atoms with E-state index in [4.69, 9.17) is 27.6 Å². The van der Waals surface area contributed by atoms with Crippen LogP contribution in [-0.4, -0.2) is 20.5 Å². The standard InChI is InChI=1S/C17H10Cl2N4O2S/c18-10-3-5-12(13(19)8-10)14-9-26-17-21-16(22-23(14)17)20-15(24)6-4-11-2-1-7-25-11/h1-9H,(H,20,22,24)/b6-4+. The summed E-state index contributed by atoms with van der Waals surface area (Å²) in [6, 6.07) is 8.73. The Labute approximate surface area is 161 Å². The monoisotopic (exact) mass is 404 g/mol. The molecule has 26 heavy (non-hydrogen) atoms. The van der Waals surface area contributed by atoms with Crippen LogP contribution >= 0.6 is 34.5 Å². The number of hydrogen-bond acceptors (Lipinski definition) is 5. The summed E-state index contributed by atoms with van der Waals surface area (Å²) in [6.45, 7) is 0. The second-order valence-corrected chi connectivity index (χ2v) is 6.89. The third-order valence-electron chi connectivity index (χ3n) is 3.47. The van der Waals surface area contributed by atoms with E-state index in [2.05, 4.69) is 15.4 Å². The SMILES string of the molecule is O=C(/C=C/c1ccco1)Nc1nc2scc(-c3ccc(Cl)cc3Cl)n2n1. The van der Waals surface area contributed by atoms with Crippen LogP contribution in [0, 0.1) is 0 Å². The number of carbonyl (C=O) groups excluding carboxylic acids is 1. The second-order valence-electron chi connectivity index (χ2n) is 5.21. The second kappa shape index (κ2) is 6.95. The van der Waals surface area contributed by atoms with Crippen molar-refractivity contribution in [2.75, 3.05) is 5.32 Å². The van der Waals surface area contributed by atoms with Crippen LogP contribution < -0.4 is 5.32 Å². The van der Waals surface area contributed by atoms with Crippen LogP contribution in [0.15, 0.2) is 52.5 Å². The van der Waals surface area contributed by atoms with Crippen LogP contribution in [-0.2, 0) is 4.79 Å². The molecule has 1 aromatic carbocycles. The maximum atomic E-state index is 12.0. The van der Waals surface area contributed by atoms with Gasteiger partial charge in [-0.25, -0.2) is 4.52 Å². The molecule has 1 amide bonds. The van der Waals surface area contributed by atoms with E-state index in [1.54, 1.807) is 34.9 Å². The van der Waals surface area contributed by atoms with Crippen LogP contribution in [0.1, 0.15) is 5.76 Å². The summed E-state index contributed by atoms with van der Waals surface area (Å²) in [6.07, 6.45) is 4.45. The van der Waals surface area contributed by atoms with Crippen LogP contribution in [0.5, 0.6) is 0 Å². The number of nitrogens with one attached hydrogen (secondary N) is 1. The molecule has 0 aliphatic rings. The highest BCUT2D eigenvalue weighted by atomic mass is 35.5. The van der Waals surface area contributed by atoms with Crippen molar-refractivity contribution in [1.29, 1.82) is 0 Å². The van der Waals surface area contributed by atoms with Crippen LogP contribution in [0.3, 0.4) is 0 Å². The summed E-state index contributed by atoms with van der Waals surface area (Å²) < 4.78 is 6.76. The first kappa shape index (κ1) is 16.8. The maximum Gasteiger partial charge on any atom is 0.250 e. The highest BCUT2D eigenvalue weighted by Gasteiger charge is 2.14. The number of anilines is 1. The van der Waals surface area contributed by atoms with Gasteiger partial charge in [-0.3, -0.25) is 10.1 Å². The number of halogens is 2. The lowest BCUT2D eigenvalue weighted by Crippen LogP contribution is -2.09. The average Bonchev–Trinajstić information content (AvgIpc) is 3.30. The highest BCUT2D eigenvalue weighted by molar-refractivity contribution is 7.15. The molecule has 0 saturated heterocycles. The quantitative estimate of drug-likeness (QED) is 0.485. The van der Waals surface area contributed by atoms with Gasteiger partial charge in [0.15, 0.2) is 0 Å². The number of amides is 1. The first-order chi connectivity index (χ1) is 12.6. The lowest BCUT2D eigenvalue weighted by molar-refractivity contribution is -0.111.